The van der Waals surface area contributed by atoms with Crippen LogP contribution in [0.15, 0.2) is 60.3 Å². The van der Waals surface area contributed by atoms with Gasteiger partial charge in [0.15, 0.2) is 0 Å². The van der Waals surface area contributed by atoms with E-state index in [-0.39, 0.29) is 12.2 Å². The SMILES string of the molecule is C/C=C(\C=C(/C)c1ccc(CCC(=O)O)cc1)CNc1cc(F)ccn1. The molecule has 2 N–H and O–H groups in total. The fourth-order valence-corrected chi connectivity index (χ4v) is 2.48. The monoisotopic (exact) mass is 354 g/mol. The smallest absolute Gasteiger partial charge is 0.303 e. The Hall–Kier alpha value is -2.95. The zero-order valence-corrected chi connectivity index (χ0v) is 15.0. The van der Waals surface area contributed by atoms with Gasteiger partial charge in [0.25, 0.3) is 0 Å². The van der Waals surface area contributed by atoms with Crippen molar-refractivity contribution in [2.24, 2.45) is 0 Å². The summed E-state index contributed by atoms with van der Waals surface area (Å²) < 4.78 is 13.2. The van der Waals surface area contributed by atoms with Gasteiger partial charge in [-0.15, -0.1) is 0 Å². The molecule has 0 bridgehead atoms. The summed E-state index contributed by atoms with van der Waals surface area (Å²) in [5.41, 5.74) is 4.24. The Labute approximate surface area is 153 Å². The molecule has 4 nitrogen and oxygen atoms in total. The Morgan fingerprint density at radius 2 is 2.00 bits per heavy atom. The Balaban J connectivity index is 2.00. The fourth-order valence-electron chi connectivity index (χ4n) is 2.48. The summed E-state index contributed by atoms with van der Waals surface area (Å²) in [5, 5.41) is 11.9. The van der Waals surface area contributed by atoms with E-state index < -0.39 is 5.97 Å². The third-order valence-corrected chi connectivity index (χ3v) is 4.01. The summed E-state index contributed by atoms with van der Waals surface area (Å²) in [6.07, 6.45) is 6.16. The van der Waals surface area contributed by atoms with Crippen LogP contribution < -0.4 is 5.32 Å². The van der Waals surface area contributed by atoms with Crippen LogP contribution in [0.25, 0.3) is 5.57 Å². The van der Waals surface area contributed by atoms with Gasteiger partial charge in [0, 0.05) is 25.2 Å². The van der Waals surface area contributed by atoms with Crippen molar-refractivity contribution in [3.05, 3.63) is 77.3 Å². The number of benzene rings is 1. The van der Waals surface area contributed by atoms with Crippen LogP contribution in [0.4, 0.5) is 10.2 Å². The van der Waals surface area contributed by atoms with Gasteiger partial charge in [0.2, 0.25) is 0 Å². The van der Waals surface area contributed by atoms with E-state index in [1.54, 1.807) is 0 Å². The van der Waals surface area contributed by atoms with Crippen molar-refractivity contribution >= 4 is 17.4 Å². The van der Waals surface area contributed by atoms with Gasteiger partial charge in [-0.3, -0.25) is 4.79 Å². The van der Waals surface area contributed by atoms with Gasteiger partial charge in [0.05, 0.1) is 0 Å². The second-order valence-corrected chi connectivity index (χ2v) is 5.99. The number of aromatic nitrogens is 1. The number of rotatable bonds is 8. The zero-order chi connectivity index (χ0) is 18.9. The number of pyridine rings is 1. The first-order chi connectivity index (χ1) is 12.5. The van der Waals surface area contributed by atoms with E-state index in [1.807, 2.05) is 44.2 Å². The normalized spacial score (nSPS) is 12.1. The minimum atomic E-state index is -0.789. The Bertz CT molecular complexity index is 811. The maximum Gasteiger partial charge on any atom is 0.303 e. The Morgan fingerprint density at radius 3 is 2.62 bits per heavy atom. The molecule has 1 heterocycles. The number of halogens is 1. The number of nitrogens with zero attached hydrogens (tertiary/aromatic N) is 1. The predicted octanol–water partition coefficient (Wildman–Crippen LogP) is 4.70. The summed E-state index contributed by atoms with van der Waals surface area (Å²) in [5.74, 6) is -0.611. The lowest BCUT2D eigenvalue weighted by Crippen LogP contribution is -2.05. The first-order valence-corrected chi connectivity index (χ1v) is 8.48. The molecule has 0 amide bonds. The standard InChI is InChI=1S/C21H23FN2O2/c1-3-16(14-24-20-13-19(22)10-11-23-20)12-15(2)18-7-4-17(5-8-18)6-9-21(25)26/h3-5,7-8,10-13H,6,9,14H2,1-2H3,(H,23,24)(H,25,26)/b15-12+,16-3+. The molecule has 0 aliphatic heterocycles. The third-order valence-electron chi connectivity index (χ3n) is 4.01. The van der Waals surface area contributed by atoms with Gasteiger partial charge >= 0.3 is 5.97 Å². The lowest BCUT2D eigenvalue weighted by atomic mass is 10.0. The largest absolute Gasteiger partial charge is 0.481 e. The Kier molecular flexibility index (Phi) is 7.09. The molecule has 0 unspecified atom stereocenters. The number of aryl methyl sites for hydroxylation is 1. The second kappa shape index (κ2) is 9.51. The van der Waals surface area contributed by atoms with Crippen LogP contribution in [0.5, 0.6) is 0 Å². The number of carboxylic acids is 1. The molecule has 2 rings (SSSR count). The van der Waals surface area contributed by atoms with Crippen molar-refractivity contribution in [2.45, 2.75) is 26.7 Å². The number of aliphatic carboxylic acids is 1. The van der Waals surface area contributed by atoms with Gasteiger partial charge in [-0.2, -0.15) is 0 Å². The van der Waals surface area contributed by atoms with E-state index in [9.17, 15) is 9.18 Å². The van der Waals surface area contributed by atoms with Crippen molar-refractivity contribution in [1.82, 2.24) is 4.98 Å². The van der Waals surface area contributed by atoms with Crippen molar-refractivity contribution in [3.63, 3.8) is 0 Å². The van der Waals surface area contributed by atoms with Crippen LogP contribution >= 0.6 is 0 Å². The maximum atomic E-state index is 13.2. The topological polar surface area (TPSA) is 62.2 Å². The van der Waals surface area contributed by atoms with Crippen LogP contribution in [0.3, 0.4) is 0 Å². The fraction of sp³-hybridized carbons (Fsp3) is 0.238. The summed E-state index contributed by atoms with van der Waals surface area (Å²) in [4.78, 5) is 14.7. The van der Waals surface area contributed by atoms with E-state index in [4.69, 9.17) is 5.11 Å². The van der Waals surface area contributed by atoms with Gasteiger partial charge in [-0.05, 0) is 48.6 Å². The van der Waals surface area contributed by atoms with Gasteiger partial charge in [0.1, 0.15) is 11.6 Å². The minimum Gasteiger partial charge on any atom is -0.481 e. The Morgan fingerprint density at radius 1 is 1.27 bits per heavy atom. The number of hydrogen-bond acceptors (Lipinski definition) is 3. The van der Waals surface area contributed by atoms with Crippen molar-refractivity contribution in [2.75, 3.05) is 11.9 Å². The molecule has 0 aliphatic rings. The lowest BCUT2D eigenvalue weighted by molar-refractivity contribution is -0.136. The molecular weight excluding hydrogens is 331 g/mol. The highest BCUT2D eigenvalue weighted by molar-refractivity contribution is 5.68. The molecule has 136 valence electrons. The van der Waals surface area contributed by atoms with Crippen LogP contribution in [0.2, 0.25) is 0 Å². The molecule has 2 aromatic rings. The summed E-state index contributed by atoms with van der Waals surface area (Å²) in [7, 11) is 0. The maximum absolute atomic E-state index is 13.2. The highest BCUT2D eigenvalue weighted by Gasteiger charge is 2.02. The quantitative estimate of drug-likeness (QED) is 0.675. The number of nitrogens with one attached hydrogen (secondary N) is 1. The number of hydrogen-bond donors (Lipinski definition) is 2. The average molecular weight is 354 g/mol. The van der Waals surface area contributed by atoms with Crippen molar-refractivity contribution < 1.29 is 14.3 Å². The number of anilines is 1. The van der Waals surface area contributed by atoms with E-state index in [0.717, 1.165) is 22.3 Å². The molecule has 0 atom stereocenters. The molecule has 1 aromatic carbocycles. The number of carbonyl (C=O) groups is 1. The molecule has 26 heavy (non-hydrogen) atoms. The van der Waals surface area contributed by atoms with Crippen LogP contribution in [0.1, 0.15) is 31.4 Å². The van der Waals surface area contributed by atoms with E-state index in [2.05, 4.69) is 16.4 Å². The molecule has 0 radical (unpaired) electrons. The molecule has 0 saturated carbocycles. The van der Waals surface area contributed by atoms with Crippen LogP contribution in [-0.4, -0.2) is 22.6 Å². The molecule has 5 heteroatoms. The molecular formula is C21H23FN2O2. The zero-order valence-electron chi connectivity index (χ0n) is 15.0. The highest BCUT2D eigenvalue weighted by Crippen LogP contribution is 2.18. The van der Waals surface area contributed by atoms with Crippen LogP contribution in [-0.2, 0) is 11.2 Å². The lowest BCUT2D eigenvalue weighted by Gasteiger charge is -2.09. The van der Waals surface area contributed by atoms with Crippen molar-refractivity contribution in [1.29, 1.82) is 0 Å². The summed E-state index contributed by atoms with van der Waals surface area (Å²) >= 11 is 0. The van der Waals surface area contributed by atoms with Gasteiger partial charge in [-0.25, -0.2) is 9.37 Å². The average Bonchev–Trinajstić information content (AvgIpc) is 2.63. The molecule has 0 aliphatic carbocycles. The van der Waals surface area contributed by atoms with Gasteiger partial charge < -0.3 is 10.4 Å². The third kappa shape index (κ3) is 6.16. The van der Waals surface area contributed by atoms with Crippen LogP contribution in [0, 0.1) is 5.82 Å². The summed E-state index contributed by atoms with van der Waals surface area (Å²) in [6, 6.07) is 10.6. The molecule has 0 fully saturated rings. The van der Waals surface area contributed by atoms with E-state index >= 15 is 0 Å². The minimum absolute atomic E-state index is 0.136. The van der Waals surface area contributed by atoms with E-state index in [0.29, 0.717) is 18.8 Å². The molecule has 0 saturated heterocycles. The summed E-state index contributed by atoms with van der Waals surface area (Å²) in [6.45, 7) is 4.52. The predicted molar refractivity (Wildman–Crippen MR) is 102 cm³/mol. The number of allylic oxidation sites excluding steroid dienone is 2. The number of carboxylic acid groups (broad SMARTS) is 1. The highest BCUT2D eigenvalue weighted by atomic mass is 19.1. The first kappa shape index (κ1) is 19.4. The first-order valence-electron chi connectivity index (χ1n) is 8.48. The van der Waals surface area contributed by atoms with Gasteiger partial charge in [-0.1, -0.05) is 36.4 Å². The van der Waals surface area contributed by atoms with E-state index in [1.165, 1.54) is 18.3 Å². The molecule has 1 aromatic heterocycles. The van der Waals surface area contributed by atoms with Crippen molar-refractivity contribution in [3.8, 4) is 0 Å². The molecule has 0 spiro atoms. The second-order valence-electron chi connectivity index (χ2n) is 5.99.